The lowest BCUT2D eigenvalue weighted by Gasteiger charge is -2.16. The van der Waals surface area contributed by atoms with E-state index >= 15 is 0 Å². The molecule has 19 heavy (non-hydrogen) atoms. The molecule has 0 aliphatic rings. The zero-order valence-electron chi connectivity index (χ0n) is 10.4. The molecule has 0 saturated heterocycles. The van der Waals surface area contributed by atoms with Crippen LogP contribution in [0.1, 0.15) is 19.4 Å². The highest BCUT2D eigenvalue weighted by atomic mass is 19.4. The largest absolute Gasteiger partial charge is 0.573 e. The summed E-state index contributed by atoms with van der Waals surface area (Å²) >= 11 is 0. The van der Waals surface area contributed by atoms with Gasteiger partial charge in [-0.25, -0.2) is 0 Å². The van der Waals surface area contributed by atoms with Crippen LogP contribution in [0.15, 0.2) is 18.2 Å². The molecule has 0 atom stereocenters. The Kier molecular flexibility index (Phi) is 5.98. The smallest absolute Gasteiger partial charge is 0.405 e. The standard InChI is InChI=1S/C9H7F6NO.C2H6/c1-16-5-2-3-7(17-9(13,14)15)6(4-5)8(10,11)12;1-2/h2-4,16H,1H3;1-2H3. The summed E-state index contributed by atoms with van der Waals surface area (Å²) in [6.45, 7) is 4.00. The molecule has 110 valence electrons. The number of benzene rings is 1. The summed E-state index contributed by atoms with van der Waals surface area (Å²) in [6.07, 6.45) is -10.1. The lowest BCUT2D eigenvalue weighted by atomic mass is 10.1. The van der Waals surface area contributed by atoms with Crippen molar-refractivity contribution in [2.24, 2.45) is 0 Å². The van der Waals surface area contributed by atoms with Gasteiger partial charge in [-0.05, 0) is 18.2 Å². The van der Waals surface area contributed by atoms with Gasteiger partial charge < -0.3 is 10.1 Å². The highest BCUT2D eigenvalue weighted by Gasteiger charge is 2.39. The zero-order chi connectivity index (χ0) is 15.3. The molecule has 0 radical (unpaired) electrons. The maximum absolute atomic E-state index is 12.5. The lowest BCUT2D eigenvalue weighted by Crippen LogP contribution is -2.20. The van der Waals surface area contributed by atoms with E-state index in [2.05, 4.69) is 10.1 Å². The van der Waals surface area contributed by atoms with Crippen LogP contribution in [0.4, 0.5) is 32.0 Å². The van der Waals surface area contributed by atoms with Gasteiger partial charge in [0.2, 0.25) is 0 Å². The summed E-state index contributed by atoms with van der Waals surface area (Å²) in [6, 6.07) is 2.21. The first-order valence-corrected chi connectivity index (χ1v) is 5.28. The summed E-state index contributed by atoms with van der Waals surface area (Å²) in [5.74, 6) is -1.27. The molecule has 0 aromatic heterocycles. The predicted molar refractivity (Wildman–Crippen MR) is 59.0 cm³/mol. The van der Waals surface area contributed by atoms with Crippen molar-refractivity contribution in [3.8, 4) is 5.75 Å². The molecule has 1 rings (SSSR count). The molecule has 0 bridgehead atoms. The Hall–Kier alpha value is -1.60. The zero-order valence-corrected chi connectivity index (χ0v) is 10.4. The summed E-state index contributed by atoms with van der Waals surface area (Å²) in [4.78, 5) is 0. The highest BCUT2D eigenvalue weighted by Crippen LogP contribution is 2.39. The molecular formula is C11H13F6NO. The maximum Gasteiger partial charge on any atom is 0.573 e. The summed E-state index contributed by atoms with van der Waals surface area (Å²) in [5.41, 5.74) is -1.45. The summed E-state index contributed by atoms with van der Waals surface area (Å²) < 4.78 is 76.4. The second-order valence-corrected chi connectivity index (χ2v) is 3.01. The van der Waals surface area contributed by atoms with Gasteiger partial charge >= 0.3 is 12.5 Å². The summed E-state index contributed by atoms with van der Waals surface area (Å²) in [7, 11) is 1.35. The number of rotatable bonds is 2. The van der Waals surface area contributed by atoms with E-state index in [9.17, 15) is 26.3 Å². The van der Waals surface area contributed by atoms with E-state index in [1.807, 2.05) is 13.8 Å². The van der Waals surface area contributed by atoms with Gasteiger partial charge in [0, 0.05) is 12.7 Å². The van der Waals surface area contributed by atoms with E-state index in [-0.39, 0.29) is 5.69 Å². The number of halogens is 6. The Morgan fingerprint density at radius 1 is 1.00 bits per heavy atom. The number of hydrogen-bond donors (Lipinski definition) is 1. The molecule has 1 aromatic rings. The van der Waals surface area contributed by atoms with Gasteiger partial charge in [-0.2, -0.15) is 13.2 Å². The number of hydrogen-bond acceptors (Lipinski definition) is 2. The van der Waals surface area contributed by atoms with E-state index in [1.54, 1.807) is 0 Å². The van der Waals surface area contributed by atoms with Crippen LogP contribution in [0.2, 0.25) is 0 Å². The van der Waals surface area contributed by atoms with Crippen LogP contribution < -0.4 is 10.1 Å². The van der Waals surface area contributed by atoms with Crippen LogP contribution in [0.25, 0.3) is 0 Å². The third-order valence-electron chi connectivity index (χ3n) is 1.80. The van der Waals surface area contributed by atoms with E-state index in [0.29, 0.717) is 12.1 Å². The monoisotopic (exact) mass is 289 g/mol. The topological polar surface area (TPSA) is 21.3 Å². The first-order chi connectivity index (χ1) is 8.63. The Labute approximate surface area is 106 Å². The number of alkyl halides is 6. The normalized spacial score (nSPS) is 11.4. The average molecular weight is 289 g/mol. The van der Waals surface area contributed by atoms with Crippen molar-refractivity contribution >= 4 is 5.69 Å². The molecule has 1 N–H and O–H groups in total. The van der Waals surface area contributed by atoms with Crippen molar-refractivity contribution in [1.82, 2.24) is 0 Å². The molecule has 0 fully saturated rings. The predicted octanol–water partition coefficient (Wildman–Crippen LogP) is 4.67. The van der Waals surface area contributed by atoms with Crippen molar-refractivity contribution in [2.45, 2.75) is 26.4 Å². The van der Waals surface area contributed by atoms with Crippen LogP contribution >= 0.6 is 0 Å². The number of nitrogens with one attached hydrogen (secondary N) is 1. The van der Waals surface area contributed by atoms with Gasteiger partial charge in [-0.1, -0.05) is 13.8 Å². The van der Waals surface area contributed by atoms with Crippen molar-refractivity contribution < 1.29 is 31.1 Å². The quantitative estimate of drug-likeness (QED) is 0.799. The Morgan fingerprint density at radius 2 is 1.53 bits per heavy atom. The first-order valence-electron chi connectivity index (χ1n) is 5.28. The van der Waals surface area contributed by atoms with E-state index in [0.717, 1.165) is 6.07 Å². The van der Waals surface area contributed by atoms with Gasteiger partial charge in [0.05, 0.1) is 5.56 Å². The minimum atomic E-state index is -5.17. The fourth-order valence-corrected chi connectivity index (χ4v) is 1.12. The molecule has 1 aromatic carbocycles. The van der Waals surface area contributed by atoms with Gasteiger partial charge in [-0.3, -0.25) is 0 Å². The molecular weight excluding hydrogens is 276 g/mol. The Bertz CT molecular complexity index is 399. The molecule has 8 heteroatoms. The minimum Gasteiger partial charge on any atom is -0.405 e. The molecule has 2 nitrogen and oxygen atoms in total. The van der Waals surface area contributed by atoms with Crippen LogP contribution in [0.5, 0.6) is 5.75 Å². The molecule has 0 saturated carbocycles. The van der Waals surface area contributed by atoms with Crippen LogP contribution in [0.3, 0.4) is 0 Å². The van der Waals surface area contributed by atoms with Gasteiger partial charge in [0.1, 0.15) is 5.75 Å². The van der Waals surface area contributed by atoms with Crippen molar-refractivity contribution in [3.63, 3.8) is 0 Å². The highest BCUT2D eigenvalue weighted by molar-refractivity contribution is 5.51. The second kappa shape index (κ2) is 6.53. The fraction of sp³-hybridized carbons (Fsp3) is 0.455. The van der Waals surface area contributed by atoms with Gasteiger partial charge in [-0.15, -0.1) is 13.2 Å². The van der Waals surface area contributed by atoms with Gasteiger partial charge in [0.15, 0.2) is 0 Å². The van der Waals surface area contributed by atoms with Gasteiger partial charge in [0.25, 0.3) is 0 Å². The Balaban J connectivity index is 0.00000154. The summed E-state index contributed by atoms with van der Waals surface area (Å²) in [5, 5.41) is 2.39. The molecule has 0 spiro atoms. The molecule has 0 unspecified atom stereocenters. The fourth-order valence-electron chi connectivity index (χ4n) is 1.12. The van der Waals surface area contributed by atoms with Crippen LogP contribution in [-0.2, 0) is 6.18 Å². The average Bonchev–Trinajstić information content (AvgIpc) is 2.29. The molecule has 0 amide bonds. The third-order valence-corrected chi connectivity index (χ3v) is 1.80. The molecule has 0 aliphatic carbocycles. The lowest BCUT2D eigenvalue weighted by molar-refractivity contribution is -0.276. The Morgan fingerprint density at radius 3 is 1.89 bits per heavy atom. The first kappa shape index (κ1) is 17.4. The minimum absolute atomic E-state index is 0.0341. The number of anilines is 1. The van der Waals surface area contributed by atoms with E-state index < -0.39 is 23.9 Å². The maximum atomic E-state index is 12.5. The third kappa shape index (κ3) is 5.71. The SMILES string of the molecule is CC.CNc1ccc(OC(F)(F)F)c(C(F)(F)F)c1. The molecule has 0 heterocycles. The molecule has 0 aliphatic heterocycles. The van der Waals surface area contributed by atoms with Crippen LogP contribution in [-0.4, -0.2) is 13.4 Å². The second-order valence-electron chi connectivity index (χ2n) is 3.01. The van der Waals surface area contributed by atoms with E-state index in [1.165, 1.54) is 7.05 Å². The van der Waals surface area contributed by atoms with E-state index in [4.69, 9.17) is 0 Å². The van der Waals surface area contributed by atoms with Crippen molar-refractivity contribution in [3.05, 3.63) is 23.8 Å². The number of ether oxygens (including phenoxy) is 1. The van der Waals surface area contributed by atoms with Crippen molar-refractivity contribution in [1.29, 1.82) is 0 Å². The van der Waals surface area contributed by atoms with Crippen LogP contribution in [0, 0.1) is 0 Å². The van der Waals surface area contributed by atoms with Crippen molar-refractivity contribution in [2.75, 3.05) is 12.4 Å².